The van der Waals surface area contributed by atoms with Crippen molar-refractivity contribution in [3.63, 3.8) is 0 Å². The van der Waals surface area contributed by atoms with Crippen LogP contribution in [0.4, 0.5) is 10.2 Å². The van der Waals surface area contributed by atoms with Crippen molar-refractivity contribution in [3.8, 4) is 16.9 Å². The van der Waals surface area contributed by atoms with Crippen LogP contribution in [-0.2, 0) is 11.3 Å². The largest absolute Gasteiger partial charge is 0.315 e. The van der Waals surface area contributed by atoms with Crippen LogP contribution in [0.5, 0.6) is 0 Å². The zero-order chi connectivity index (χ0) is 25.9. The first-order valence-corrected chi connectivity index (χ1v) is 12.1. The lowest BCUT2D eigenvalue weighted by atomic mass is 10.1. The van der Waals surface area contributed by atoms with Crippen LogP contribution in [0.2, 0.25) is 0 Å². The highest BCUT2D eigenvalue weighted by Crippen LogP contribution is 2.23. The molecule has 1 N–H and O–H groups in total. The first-order chi connectivity index (χ1) is 17.9. The molecule has 7 nitrogen and oxygen atoms in total. The number of anilines is 1. The molecule has 0 aliphatic carbocycles. The maximum atomic E-state index is 13.7. The van der Waals surface area contributed by atoms with E-state index >= 15 is 0 Å². The van der Waals surface area contributed by atoms with Gasteiger partial charge in [-0.1, -0.05) is 44.2 Å². The lowest BCUT2D eigenvalue weighted by molar-refractivity contribution is -0.119. The van der Waals surface area contributed by atoms with Crippen LogP contribution >= 0.6 is 0 Å². The van der Waals surface area contributed by atoms with Gasteiger partial charge in [0.1, 0.15) is 5.82 Å². The summed E-state index contributed by atoms with van der Waals surface area (Å²) in [5.41, 5.74) is 3.47. The molecule has 0 unspecified atom stereocenters. The highest BCUT2D eigenvalue weighted by Gasteiger charge is 2.17. The topological polar surface area (TPSA) is 81.8 Å². The van der Waals surface area contributed by atoms with Crippen LogP contribution in [-0.4, -0.2) is 25.0 Å². The minimum absolute atomic E-state index is 0.00692. The molecule has 0 bridgehead atoms. The van der Waals surface area contributed by atoms with Crippen molar-refractivity contribution in [2.24, 2.45) is 5.92 Å². The summed E-state index contributed by atoms with van der Waals surface area (Å²) in [4.78, 5) is 34.7. The van der Waals surface area contributed by atoms with Crippen LogP contribution in [0.3, 0.4) is 0 Å². The Bertz CT molecular complexity index is 1640. The maximum absolute atomic E-state index is 13.7. The number of nitrogens with one attached hydrogen (secondary N) is 1. The van der Waals surface area contributed by atoms with Gasteiger partial charge in [-0.05, 0) is 47.9 Å². The number of carbonyl (C=O) groups is 1. The molecule has 0 saturated carbocycles. The van der Waals surface area contributed by atoms with Gasteiger partial charge in [0.2, 0.25) is 5.91 Å². The van der Waals surface area contributed by atoms with Crippen LogP contribution in [0.25, 0.3) is 27.8 Å². The zero-order valence-corrected chi connectivity index (χ0v) is 20.6. The van der Waals surface area contributed by atoms with E-state index in [0.29, 0.717) is 12.1 Å². The number of rotatable bonds is 7. The van der Waals surface area contributed by atoms with E-state index in [0.717, 1.165) is 27.7 Å². The lowest BCUT2D eigenvalue weighted by Gasteiger charge is -2.16. The lowest BCUT2D eigenvalue weighted by Crippen LogP contribution is -2.30. The predicted octanol–water partition coefficient (Wildman–Crippen LogP) is 5.42. The van der Waals surface area contributed by atoms with Crippen molar-refractivity contribution in [1.82, 2.24) is 19.1 Å². The van der Waals surface area contributed by atoms with Gasteiger partial charge in [0.05, 0.1) is 35.8 Å². The van der Waals surface area contributed by atoms with Crippen molar-refractivity contribution in [1.29, 1.82) is 0 Å². The van der Waals surface area contributed by atoms with Crippen LogP contribution in [0.15, 0.2) is 90.2 Å². The van der Waals surface area contributed by atoms with Gasteiger partial charge in [0.15, 0.2) is 5.82 Å². The Labute approximate surface area is 213 Å². The number of nitrogens with zero attached hydrogens (tertiary/aromatic N) is 4. The molecule has 0 radical (unpaired) electrons. The van der Waals surface area contributed by atoms with E-state index < -0.39 is 5.56 Å². The van der Waals surface area contributed by atoms with Gasteiger partial charge in [-0.2, -0.15) is 0 Å². The molecule has 0 aliphatic heterocycles. The average Bonchev–Trinajstić information content (AvgIpc) is 3.34. The van der Waals surface area contributed by atoms with E-state index in [2.05, 4.69) is 15.3 Å². The molecule has 0 fully saturated rings. The van der Waals surface area contributed by atoms with E-state index in [1.165, 1.54) is 12.1 Å². The van der Waals surface area contributed by atoms with Gasteiger partial charge in [0, 0.05) is 23.7 Å². The van der Waals surface area contributed by atoms with Crippen molar-refractivity contribution in [3.05, 3.63) is 107 Å². The van der Waals surface area contributed by atoms with E-state index in [9.17, 15) is 14.0 Å². The van der Waals surface area contributed by atoms with Gasteiger partial charge in [-0.3, -0.25) is 19.1 Å². The summed E-state index contributed by atoms with van der Waals surface area (Å²) in [5.74, 6) is -0.786. The predicted molar refractivity (Wildman–Crippen MR) is 142 cm³/mol. The average molecular weight is 496 g/mol. The SMILES string of the molecule is CC[C@@H](C)C(=O)Nc1ncc(-c2ccccc2)n(Cc2cncc(-n3ccc4cc(F)ccc43)c2)c1=O. The molecule has 1 atom stereocenters. The third-order valence-electron chi connectivity index (χ3n) is 6.48. The van der Waals surface area contributed by atoms with E-state index in [1.54, 1.807) is 29.2 Å². The monoisotopic (exact) mass is 495 g/mol. The number of carbonyl (C=O) groups excluding carboxylic acids is 1. The molecule has 37 heavy (non-hydrogen) atoms. The number of fused-ring (bicyclic) bond motifs is 1. The second-order valence-corrected chi connectivity index (χ2v) is 8.99. The quantitative estimate of drug-likeness (QED) is 0.327. The number of aromatic nitrogens is 4. The van der Waals surface area contributed by atoms with Crippen LogP contribution in [0, 0.1) is 11.7 Å². The smallest absolute Gasteiger partial charge is 0.294 e. The molecule has 0 aliphatic rings. The first-order valence-electron chi connectivity index (χ1n) is 12.1. The molecule has 8 heteroatoms. The first kappa shape index (κ1) is 24.1. The number of hydrogen-bond acceptors (Lipinski definition) is 4. The Morgan fingerprint density at radius 1 is 1.05 bits per heavy atom. The minimum atomic E-state index is -0.398. The van der Waals surface area contributed by atoms with Gasteiger partial charge in [0.25, 0.3) is 5.56 Å². The van der Waals surface area contributed by atoms with Crippen molar-refractivity contribution in [2.75, 3.05) is 5.32 Å². The summed E-state index contributed by atoms with van der Waals surface area (Å²) in [5, 5.41) is 3.47. The highest BCUT2D eigenvalue weighted by molar-refractivity contribution is 5.91. The third-order valence-corrected chi connectivity index (χ3v) is 6.48. The van der Waals surface area contributed by atoms with Crippen LogP contribution in [0.1, 0.15) is 25.8 Å². The molecular weight excluding hydrogens is 469 g/mol. The molecule has 5 aromatic rings. The number of benzene rings is 2. The fourth-order valence-electron chi connectivity index (χ4n) is 4.21. The highest BCUT2D eigenvalue weighted by atomic mass is 19.1. The van der Waals surface area contributed by atoms with Crippen molar-refractivity contribution >= 4 is 22.6 Å². The molecule has 3 heterocycles. The van der Waals surface area contributed by atoms with Crippen LogP contribution < -0.4 is 10.9 Å². The Hall–Kier alpha value is -4.59. The summed E-state index contributed by atoms with van der Waals surface area (Å²) in [7, 11) is 0. The van der Waals surface area contributed by atoms with E-state index in [1.807, 2.05) is 67.1 Å². The Balaban J connectivity index is 1.56. The fourth-order valence-corrected chi connectivity index (χ4v) is 4.21. The summed E-state index contributed by atoms with van der Waals surface area (Å²) < 4.78 is 17.2. The summed E-state index contributed by atoms with van der Waals surface area (Å²) in [6.07, 6.45) is 7.54. The van der Waals surface area contributed by atoms with E-state index in [-0.39, 0.29) is 30.0 Å². The van der Waals surface area contributed by atoms with E-state index in [4.69, 9.17) is 0 Å². The second-order valence-electron chi connectivity index (χ2n) is 8.99. The zero-order valence-electron chi connectivity index (χ0n) is 20.6. The fraction of sp³-hybridized carbons (Fsp3) is 0.172. The molecule has 0 saturated heterocycles. The Morgan fingerprint density at radius 2 is 1.86 bits per heavy atom. The minimum Gasteiger partial charge on any atom is -0.315 e. The Kier molecular flexibility index (Phi) is 6.64. The third kappa shape index (κ3) is 4.91. The number of pyridine rings is 1. The molecule has 2 aromatic carbocycles. The standard InChI is InChI=1S/C29H26FN5O2/c1-3-19(2)28(36)33-27-29(37)35(26(17-32-27)21-7-5-4-6-8-21)18-20-13-24(16-31-15-20)34-12-11-22-14-23(30)9-10-25(22)34/h4-17,19H,3,18H2,1-2H3,(H,32,33,36)/t19-/m1/s1. The molecule has 186 valence electrons. The van der Waals surface area contributed by atoms with Crippen molar-refractivity contribution < 1.29 is 9.18 Å². The summed E-state index contributed by atoms with van der Waals surface area (Å²) in [6.45, 7) is 3.94. The molecule has 3 aromatic heterocycles. The van der Waals surface area contributed by atoms with Crippen molar-refractivity contribution in [2.45, 2.75) is 26.8 Å². The molecular formula is C29H26FN5O2. The number of halogens is 1. The summed E-state index contributed by atoms with van der Waals surface area (Å²) in [6, 6.07) is 17.9. The maximum Gasteiger partial charge on any atom is 0.294 e. The normalized spacial score (nSPS) is 12.0. The molecule has 0 spiro atoms. The van der Waals surface area contributed by atoms with Gasteiger partial charge in [-0.25, -0.2) is 9.37 Å². The molecule has 5 rings (SSSR count). The van der Waals surface area contributed by atoms with Gasteiger partial charge < -0.3 is 9.88 Å². The van der Waals surface area contributed by atoms with Gasteiger partial charge in [-0.15, -0.1) is 0 Å². The number of amides is 1. The number of hydrogen-bond donors (Lipinski definition) is 1. The Morgan fingerprint density at radius 3 is 2.65 bits per heavy atom. The van der Waals surface area contributed by atoms with Gasteiger partial charge >= 0.3 is 0 Å². The molecule has 1 amide bonds. The summed E-state index contributed by atoms with van der Waals surface area (Å²) >= 11 is 0. The second kappa shape index (κ2) is 10.2.